The van der Waals surface area contributed by atoms with E-state index in [9.17, 15) is 9.90 Å². The Kier molecular flexibility index (Phi) is 3.51. The molecule has 0 fully saturated rings. The predicted molar refractivity (Wildman–Crippen MR) is 64.3 cm³/mol. The molecule has 4 nitrogen and oxygen atoms in total. The number of carbonyl (C=O) groups excluding carboxylic acids is 1. The summed E-state index contributed by atoms with van der Waals surface area (Å²) >= 11 is 3.34. The molecule has 0 amide bonds. The van der Waals surface area contributed by atoms with Crippen LogP contribution in [0.15, 0.2) is 22.7 Å². The Morgan fingerprint density at radius 1 is 1.65 bits per heavy atom. The molecule has 0 saturated heterocycles. The van der Waals surface area contributed by atoms with Gasteiger partial charge in [0, 0.05) is 10.0 Å². The Morgan fingerprint density at radius 2 is 2.41 bits per heavy atom. The van der Waals surface area contributed by atoms with Crippen LogP contribution in [-0.4, -0.2) is 24.3 Å². The van der Waals surface area contributed by atoms with Crippen molar-refractivity contribution in [1.82, 2.24) is 0 Å². The van der Waals surface area contributed by atoms with Crippen LogP contribution >= 0.6 is 15.9 Å². The van der Waals surface area contributed by atoms with Crippen molar-refractivity contribution >= 4 is 21.9 Å². The lowest BCUT2D eigenvalue weighted by atomic mass is 9.89. The molecule has 1 aromatic rings. The first-order valence-electron chi connectivity index (χ1n) is 5.34. The molecule has 0 radical (unpaired) electrons. The highest BCUT2D eigenvalue weighted by Gasteiger charge is 2.43. The van der Waals surface area contributed by atoms with Gasteiger partial charge in [-0.2, -0.15) is 0 Å². The third-order valence-corrected chi connectivity index (χ3v) is 3.19. The van der Waals surface area contributed by atoms with Crippen LogP contribution in [0, 0.1) is 0 Å². The topological polar surface area (TPSA) is 55.8 Å². The summed E-state index contributed by atoms with van der Waals surface area (Å²) in [7, 11) is 0. The fraction of sp³-hybridized carbons (Fsp3) is 0.417. The highest BCUT2D eigenvalue weighted by atomic mass is 79.9. The molecule has 0 aromatic heterocycles. The van der Waals surface area contributed by atoms with Crippen LogP contribution in [0.1, 0.15) is 18.1 Å². The number of hydrogen-bond acceptors (Lipinski definition) is 4. The first kappa shape index (κ1) is 12.5. The van der Waals surface area contributed by atoms with Gasteiger partial charge >= 0.3 is 5.97 Å². The van der Waals surface area contributed by atoms with Crippen LogP contribution in [0.25, 0.3) is 0 Å². The van der Waals surface area contributed by atoms with Gasteiger partial charge in [0.1, 0.15) is 0 Å². The van der Waals surface area contributed by atoms with E-state index in [2.05, 4.69) is 15.9 Å². The zero-order chi connectivity index (χ0) is 12.5. The fourth-order valence-electron chi connectivity index (χ4n) is 1.89. The first-order valence-corrected chi connectivity index (χ1v) is 6.13. The minimum Gasteiger partial charge on any atom is -0.464 e. The minimum absolute atomic E-state index is 0.0690. The van der Waals surface area contributed by atoms with Gasteiger partial charge in [0.15, 0.2) is 0 Å². The molecule has 0 spiro atoms. The van der Waals surface area contributed by atoms with Crippen molar-refractivity contribution in [3.05, 3.63) is 33.8 Å². The quantitative estimate of drug-likeness (QED) is 0.845. The molecule has 1 aliphatic heterocycles. The lowest BCUT2D eigenvalue weighted by Crippen LogP contribution is -2.44. The molecule has 92 valence electrons. The van der Waals surface area contributed by atoms with Crippen molar-refractivity contribution in [3.8, 4) is 0 Å². The standard InChI is InChI=1S/C12H13BrO4/c1-2-17-11(14)12(15)7-16-6-8-5-9(13)3-4-10(8)12/h3-5,15H,2,6-7H2,1H3. The van der Waals surface area contributed by atoms with Crippen LogP contribution in [0.2, 0.25) is 0 Å². The third kappa shape index (κ3) is 2.22. The average Bonchev–Trinajstić information content (AvgIpc) is 2.29. The number of carbonyl (C=O) groups is 1. The summed E-state index contributed by atoms with van der Waals surface area (Å²) in [5, 5.41) is 10.4. The molecule has 1 heterocycles. The van der Waals surface area contributed by atoms with Gasteiger partial charge in [0.25, 0.3) is 0 Å². The van der Waals surface area contributed by atoms with E-state index in [1.54, 1.807) is 19.1 Å². The van der Waals surface area contributed by atoms with Gasteiger partial charge in [-0.25, -0.2) is 4.79 Å². The van der Waals surface area contributed by atoms with Crippen molar-refractivity contribution in [1.29, 1.82) is 0 Å². The third-order valence-electron chi connectivity index (χ3n) is 2.69. The molecular weight excluding hydrogens is 288 g/mol. The Hall–Kier alpha value is -0.910. The van der Waals surface area contributed by atoms with Gasteiger partial charge in [-0.3, -0.25) is 0 Å². The molecule has 1 aliphatic rings. The Morgan fingerprint density at radius 3 is 3.12 bits per heavy atom. The first-order chi connectivity index (χ1) is 8.08. The van der Waals surface area contributed by atoms with Gasteiger partial charge < -0.3 is 14.6 Å². The number of rotatable bonds is 2. The molecule has 0 aliphatic carbocycles. The molecule has 0 bridgehead atoms. The van der Waals surface area contributed by atoms with E-state index in [0.717, 1.165) is 10.0 Å². The number of ether oxygens (including phenoxy) is 2. The largest absolute Gasteiger partial charge is 0.464 e. The number of hydrogen-bond donors (Lipinski definition) is 1. The smallest absolute Gasteiger partial charge is 0.345 e. The van der Waals surface area contributed by atoms with Crippen LogP contribution < -0.4 is 0 Å². The second-order valence-electron chi connectivity index (χ2n) is 3.88. The minimum atomic E-state index is -1.69. The summed E-state index contributed by atoms with van der Waals surface area (Å²) in [5.74, 6) is -0.664. The summed E-state index contributed by atoms with van der Waals surface area (Å²) in [6, 6.07) is 5.34. The van der Waals surface area contributed by atoms with E-state index in [0.29, 0.717) is 12.2 Å². The Bertz CT molecular complexity index is 446. The van der Waals surface area contributed by atoms with Crippen molar-refractivity contribution < 1.29 is 19.4 Å². The zero-order valence-electron chi connectivity index (χ0n) is 9.40. The van der Waals surface area contributed by atoms with E-state index < -0.39 is 11.6 Å². The molecule has 1 aromatic carbocycles. The second-order valence-corrected chi connectivity index (χ2v) is 4.79. The summed E-state index contributed by atoms with van der Waals surface area (Å²) < 4.78 is 11.0. The van der Waals surface area contributed by atoms with E-state index in [-0.39, 0.29) is 13.2 Å². The van der Waals surface area contributed by atoms with Crippen molar-refractivity contribution in [3.63, 3.8) is 0 Å². The summed E-state index contributed by atoms with van der Waals surface area (Å²) in [6.07, 6.45) is 0. The van der Waals surface area contributed by atoms with Gasteiger partial charge in [0.2, 0.25) is 5.60 Å². The van der Waals surface area contributed by atoms with Gasteiger partial charge in [-0.1, -0.05) is 22.0 Å². The highest BCUT2D eigenvalue weighted by Crippen LogP contribution is 2.33. The van der Waals surface area contributed by atoms with E-state index in [1.807, 2.05) is 6.07 Å². The Labute approximate surface area is 108 Å². The molecule has 5 heteroatoms. The SMILES string of the molecule is CCOC(=O)C1(O)COCc2cc(Br)ccc21. The van der Waals surface area contributed by atoms with Gasteiger partial charge in [-0.15, -0.1) is 0 Å². The zero-order valence-corrected chi connectivity index (χ0v) is 11.0. The average molecular weight is 301 g/mol. The molecule has 0 saturated carbocycles. The van der Waals surface area contributed by atoms with E-state index in [1.165, 1.54) is 0 Å². The number of aliphatic hydroxyl groups is 1. The molecule has 2 rings (SSSR count). The normalized spacial score (nSPS) is 23.0. The number of esters is 1. The van der Waals surface area contributed by atoms with Crippen LogP contribution in [0.4, 0.5) is 0 Å². The highest BCUT2D eigenvalue weighted by molar-refractivity contribution is 9.10. The van der Waals surface area contributed by atoms with Crippen LogP contribution in [-0.2, 0) is 26.5 Å². The van der Waals surface area contributed by atoms with Crippen molar-refractivity contribution in [2.75, 3.05) is 13.2 Å². The predicted octanol–water partition coefficient (Wildman–Crippen LogP) is 1.73. The molecular formula is C12H13BrO4. The lowest BCUT2D eigenvalue weighted by Gasteiger charge is -2.32. The maximum Gasteiger partial charge on any atom is 0.345 e. The Balaban J connectivity index is 2.43. The van der Waals surface area contributed by atoms with Gasteiger partial charge in [0.05, 0.1) is 19.8 Å². The molecule has 17 heavy (non-hydrogen) atoms. The second kappa shape index (κ2) is 4.76. The number of halogens is 1. The van der Waals surface area contributed by atoms with E-state index in [4.69, 9.17) is 9.47 Å². The molecule has 1 N–H and O–H groups in total. The van der Waals surface area contributed by atoms with E-state index >= 15 is 0 Å². The number of benzene rings is 1. The molecule has 1 atom stereocenters. The fourth-order valence-corrected chi connectivity index (χ4v) is 2.30. The maximum atomic E-state index is 11.8. The molecule has 1 unspecified atom stereocenters. The lowest BCUT2D eigenvalue weighted by molar-refractivity contribution is -0.176. The summed E-state index contributed by atoms with van der Waals surface area (Å²) in [5.41, 5.74) is -0.337. The number of fused-ring (bicyclic) bond motifs is 1. The summed E-state index contributed by atoms with van der Waals surface area (Å²) in [6.45, 7) is 2.25. The van der Waals surface area contributed by atoms with Crippen LogP contribution in [0.5, 0.6) is 0 Å². The summed E-state index contributed by atoms with van der Waals surface area (Å²) in [4.78, 5) is 11.8. The van der Waals surface area contributed by atoms with Crippen molar-refractivity contribution in [2.24, 2.45) is 0 Å². The maximum absolute atomic E-state index is 11.8. The van der Waals surface area contributed by atoms with Gasteiger partial charge in [-0.05, 0) is 24.6 Å². The monoisotopic (exact) mass is 300 g/mol. The van der Waals surface area contributed by atoms with Crippen LogP contribution in [0.3, 0.4) is 0 Å². The van der Waals surface area contributed by atoms with Crippen molar-refractivity contribution in [2.45, 2.75) is 19.1 Å².